The first-order chi connectivity index (χ1) is 10.5. The van der Waals surface area contributed by atoms with E-state index in [4.69, 9.17) is 16.3 Å². The first-order valence-electron chi connectivity index (χ1n) is 7.10. The van der Waals surface area contributed by atoms with Gasteiger partial charge >= 0.3 is 0 Å². The second kappa shape index (κ2) is 7.27. The molecule has 0 N–H and O–H groups in total. The Balaban J connectivity index is 2.01. The minimum absolute atomic E-state index is 0.107. The summed E-state index contributed by atoms with van der Waals surface area (Å²) < 4.78 is 5.60. The smallest absolute Gasteiger partial charge is 0.291 e. The highest BCUT2D eigenvalue weighted by Gasteiger charge is 2.13. The van der Waals surface area contributed by atoms with E-state index >= 15 is 0 Å². The van der Waals surface area contributed by atoms with Crippen molar-refractivity contribution in [2.24, 2.45) is 5.92 Å². The Morgan fingerprint density at radius 2 is 1.77 bits per heavy atom. The van der Waals surface area contributed by atoms with Crippen molar-refractivity contribution in [2.75, 3.05) is 0 Å². The van der Waals surface area contributed by atoms with E-state index in [1.165, 1.54) is 17.7 Å². The molecule has 2 aromatic carbocycles. The molecule has 0 heterocycles. The van der Waals surface area contributed by atoms with Crippen LogP contribution in [-0.2, 0) is 13.0 Å². The SMILES string of the molecule is CC(C)Cc1ccc(COc2ccc(Cl)c([N+](=O)[O-])c2)cc1. The molecule has 0 aliphatic heterocycles. The van der Waals surface area contributed by atoms with E-state index in [1.54, 1.807) is 6.07 Å². The fourth-order valence-corrected chi connectivity index (χ4v) is 2.32. The molecule has 22 heavy (non-hydrogen) atoms. The number of halogens is 1. The van der Waals surface area contributed by atoms with E-state index in [9.17, 15) is 10.1 Å². The Morgan fingerprint density at radius 1 is 1.14 bits per heavy atom. The standard InChI is InChI=1S/C17H18ClNO3/c1-12(2)9-13-3-5-14(6-4-13)11-22-15-7-8-16(18)17(10-15)19(20)21/h3-8,10,12H,9,11H2,1-2H3. The monoisotopic (exact) mass is 319 g/mol. The van der Waals surface area contributed by atoms with Gasteiger partial charge in [0.05, 0.1) is 11.0 Å². The first-order valence-corrected chi connectivity index (χ1v) is 7.48. The molecular weight excluding hydrogens is 302 g/mol. The Labute approximate surface area is 134 Å². The number of hydrogen-bond acceptors (Lipinski definition) is 3. The second-order valence-electron chi connectivity index (χ2n) is 5.57. The summed E-state index contributed by atoms with van der Waals surface area (Å²) in [6, 6.07) is 12.6. The average Bonchev–Trinajstić information content (AvgIpc) is 2.47. The lowest BCUT2D eigenvalue weighted by atomic mass is 10.0. The van der Waals surface area contributed by atoms with E-state index < -0.39 is 4.92 Å². The van der Waals surface area contributed by atoms with Crippen molar-refractivity contribution in [2.45, 2.75) is 26.9 Å². The summed E-state index contributed by atoms with van der Waals surface area (Å²) in [4.78, 5) is 10.3. The molecule has 0 spiro atoms. The van der Waals surface area contributed by atoms with Gasteiger partial charge in [0.1, 0.15) is 17.4 Å². The van der Waals surface area contributed by atoms with Gasteiger partial charge in [-0.2, -0.15) is 0 Å². The third-order valence-corrected chi connectivity index (χ3v) is 3.51. The van der Waals surface area contributed by atoms with Gasteiger partial charge in [-0.3, -0.25) is 10.1 Å². The van der Waals surface area contributed by atoms with Gasteiger partial charge in [0.25, 0.3) is 5.69 Å². The molecule has 2 rings (SSSR count). The molecule has 0 aliphatic carbocycles. The molecule has 0 unspecified atom stereocenters. The van der Waals surface area contributed by atoms with Gasteiger partial charge < -0.3 is 4.74 Å². The van der Waals surface area contributed by atoms with E-state index in [0.717, 1.165) is 12.0 Å². The summed E-state index contributed by atoms with van der Waals surface area (Å²) in [7, 11) is 0. The molecule has 2 aromatic rings. The third kappa shape index (κ3) is 4.46. The van der Waals surface area contributed by atoms with Gasteiger partial charge in [0.2, 0.25) is 0 Å². The summed E-state index contributed by atoms with van der Waals surface area (Å²) >= 11 is 5.77. The molecule has 116 valence electrons. The Hall–Kier alpha value is -2.07. The predicted molar refractivity (Wildman–Crippen MR) is 87.4 cm³/mol. The highest BCUT2D eigenvalue weighted by Crippen LogP contribution is 2.28. The maximum Gasteiger partial charge on any atom is 0.291 e. The maximum atomic E-state index is 10.8. The Bertz CT molecular complexity index is 653. The van der Waals surface area contributed by atoms with Crippen LogP contribution in [0.2, 0.25) is 5.02 Å². The van der Waals surface area contributed by atoms with Crippen LogP contribution in [0.3, 0.4) is 0 Å². The van der Waals surface area contributed by atoms with Crippen molar-refractivity contribution in [1.29, 1.82) is 0 Å². The molecule has 0 fully saturated rings. The van der Waals surface area contributed by atoms with Crippen LogP contribution in [0.25, 0.3) is 0 Å². The van der Waals surface area contributed by atoms with Crippen molar-refractivity contribution in [3.05, 3.63) is 68.7 Å². The Kier molecular flexibility index (Phi) is 5.39. The predicted octanol–water partition coefficient (Wildman–Crippen LogP) is 5.03. The zero-order valence-electron chi connectivity index (χ0n) is 12.6. The van der Waals surface area contributed by atoms with Crippen LogP contribution in [0.5, 0.6) is 5.75 Å². The third-order valence-electron chi connectivity index (χ3n) is 3.19. The lowest BCUT2D eigenvalue weighted by Crippen LogP contribution is -1.98. The van der Waals surface area contributed by atoms with Crippen LogP contribution in [-0.4, -0.2) is 4.92 Å². The van der Waals surface area contributed by atoms with Crippen LogP contribution >= 0.6 is 11.6 Å². The van der Waals surface area contributed by atoms with Crippen LogP contribution in [0.15, 0.2) is 42.5 Å². The second-order valence-corrected chi connectivity index (χ2v) is 5.98. The summed E-state index contributed by atoms with van der Waals surface area (Å²) in [5, 5.41) is 10.9. The van der Waals surface area contributed by atoms with Crippen LogP contribution in [0.4, 0.5) is 5.69 Å². The summed E-state index contributed by atoms with van der Waals surface area (Å²) in [5.41, 5.74) is 2.16. The van der Waals surface area contributed by atoms with Crippen LogP contribution < -0.4 is 4.74 Å². The minimum atomic E-state index is -0.518. The normalized spacial score (nSPS) is 10.7. The number of benzene rings is 2. The Morgan fingerprint density at radius 3 is 2.36 bits per heavy atom. The number of nitro groups is 1. The molecule has 0 amide bonds. The van der Waals surface area contributed by atoms with Crippen LogP contribution in [0, 0.1) is 16.0 Å². The first kappa shape index (κ1) is 16.3. The minimum Gasteiger partial charge on any atom is -0.489 e. The fraction of sp³-hybridized carbons (Fsp3) is 0.294. The lowest BCUT2D eigenvalue weighted by Gasteiger charge is -2.08. The van der Waals surface area contributed by atoms with Crippen molar-refractivity contribution >= 4 is 17.3 Å². The van der Waals surface area contributed by atoms with E-state index in [0.29, 0.717) is 18.3 Å². The lowest BCUT2D eigenvalue weighted by molar-refractivity contribution is -0.384. The van der Waals surface area contributed by atoms with E-state index in [2.05, 4.69) is 26.0 Å². The number of nitrogens with zero attached hydrogens (tertiary/aromatic N) is 1. The van der Waals surface area contributed by atoms with Gasteiger partial charge in [-0.05, 0) is 35.6 Å². The highest BCUT2D eigenvalue weighted by molar-refractivity contribution is 6.32. The van der Waals surface area contributed by atoms with Crippen molar-refractivity contribution < 1.29 is 9.66 Å². The summed E-state index contributed by atoms with van der Waals surface area (Å²) in [6.45, 7) is 4.73. The highest BCUT2D eigenvalue weighted by atomic mass is 35.5. The molecule has 0 atom stereocenters. The fourth-order valence-electron chi connectivity index (χ4n) is 2.13. The summed E-state index contributed by atoms with van der Waals surface area (Å²) in [6.07, 6.45) is 1.05. The van der Waals surface area contributed by atoms with Gasteiger partial charge in [0, 0.05) is 0 Å². The average molecular weight is 320 g/mol. The molecule has 4 nitrogen and oxygen atoms in total. The maximum absolute atomic E-state index is 10.8. The number of hydrogen-bond donors (Lipinski definition) is 0. The van der Waals surface area contributed by atoms with Gasteiger partial charge in [0.15, 0.2) is 0 Å². The largest absolute Gasteiger partial charge is 0.489 e. The molecule has 5 heteroatoms. The zero-order valence-corrected chi connectivity index (χ0v) is 13.3. The topological polar surface area (TPSA) is 52.4 Å². The molecule has 0 aromatic heterocycles. The van der Waals surface area contributed by atoms with Crippen molar-refractivity contribution in [3.8, 4) is 5.75 Å². The molecule has 0 saturated heterocycles. The molecule has 0 radical (unpaired) electrons. The molecular formula is C17H18ClNO3. The zero-order chi connectivity index (χ0) is 16.1. The van der Waals surface area contributed by atoms with Gasteiger partial charge in [-0.25, -0.2) is 0 Å². The van der Waals surface area contributed by atoms with E-state index in [-0.39, 0.29) is 10.7 Å². The van der Waals surface area contributed by atoms with Crippen molar-refractivity contribution in [3.63, 3.8) is 0 Å². The van der Waals surface area contributed by atoms with E-state index in [1.807, 2.05) is 12.1 Å². The molecule has 0 bridgehead atoms. The quantitative estimate of drug-likeness (QED) is 0.554. The molecule has 0 saturated carbocycles. The number of nitro benzene ring substituents is 1. The van der Waals surface area contributed by atoms with Crippen LogP contribution in [0.1, 0.15) is 25.0 Å². The van der Waals surface area contributed by atoms with Gasteiger partial charge in [-0.1, -0.05) is 49.7 Å². The number of rotatable bonds is 6. The van der Waals surface area contributed by atoms with Crippen molar-refractivity contribution in [1.82, 2.24) is 0 Å². The van der Waals surface area contributed by atoms with Gasteiger partial charge in [-0.15, -0.1) is 0 Å². The summed E-state index contributed by atoms with van der Waals surface area (Å²) in [5.74, 6) is 1.05. The number of ether oxygens (including phenoxy) is 1. The molecule has 0 aliphatic rings.